The molecule has 1 saturated heterocycles. The molecule has 7 heteroatoms. The van der Waals surface area contributed by atoms with Crippen molar-refractivity contribution in [3.8, 4) is 0 Å². The van der Waals surface area contributed by atoms with Crippen molar-refractivity contribution in [3.63, 3.8) is 0 Å². The van der Waals surface area contributed by atoms with Crippen LogP contribution in [-0.2, 0) is 19.2 Å². The van der Waals surface area contributed by atoms with Gasteiger partial charge in [0.15, 0.2) is 0 Å². The van der Waals surface area contributed by atoms with Crippen molar-refractivity contribution in [2.75, 3.05) is 7.05 Å². The minimum atomic E-state index is -1.02. The number of imide groups is 1. The summed E-state index contributed by atoms with van der Waals surface area (Å²) in [7, 11) is 1.36. The van der Waals surface area contributed by atoms with Gasteiger partial charge in [0.2, 0.25) is 11.8 Å². The van der Waals surface area contributed by atoms with E-state index in [1.165, 1.54) is 7.05 Å². The van der Waals surface area contributed by atoms with Crippen molar-refractivity contribution >= 4 is 23.7 Å². The minimum Gasteiger partial charge on any atom is -0.481 e. The summed E-state index contributed by atoms with van der Waals surface area (Å²) in [6.07, 6.45) is -0.0635. The van der Waals surface area contributed by atoms with Crippen LogP contribution in [0.1, 0.15) is 20.3 Å². The summed E-state index contributed by atoms with van der Waals surface area (Å²) in [6.45, 7) is 3.40. The summed E-state index contributed by atoms with van der Waals surface area (Å²) in [5, 5.41) is 11.5. The van der Waals surface area contributed by atoms with Crippen LogP contribution in [0.2, 0.25) is 0 Å². The minimum absolute atomic E-state index is 0.0635. The van der Waals surface area contributed by atoms with E-state index in [4.69, 9.17) is 5.11 Å². The van der Waals surface area contributed by atoms with Crippen LogP contribution in [0.25, 0.3) is 0 Å². The number of carbonyl (C=O) groups is 4. The average Bonchev–Trinajstić information content (AvgIpc) is 2.81. The zero-order chi connectivity index (χ0) is 14.5. The third kappa shape index (κ3) is 1.98. The molecule has 1 aliphatic carbocycles. The summed E-state index contributed by atoms with van der Waals surface area (Å²) in [5.74, 6) is -3.69. The summed E-state index contributed by atoms with van der Waals surface area (Å²) >= 11 is 0. The molecular weight excluding hydrogens is 252 g/mol. The molecule has 7 nitrogen and oxygen atoms in total. The van der Waals surface area contributed by atoms with E-state index >= 15 is 0 Å². The first-order valence-corrected chi connectivity index (χ1v) is 6.01. The molecule has 0 radical (unpaired) electrons. The van der Waals surface area contributed by atoms with E-state index in [9.17, 15) is 19.2 Å². The van der Waals surface area contributed by atoms with Gasteiger partial charge in [-0.3, -0.25) is 24.1 Å². The van der Waals surface area contributed by atoms with Gasteiger partial charge in [-0.25, -0.2) is 0 Å². The Bertz CT molecular complexity index is 485. The Morgan fingerprint density at radius 2 is 1.89 bits per heavy atom. The molecule has 104 valence electrons. The van der Waals surface area contributed by atoms with Gasteiger partial charge in [0, 0.05) is 7.05 Å². The number of hydrogen-bond donors (Lipinski definition) is 2. The first-order valence-electron chi connectivity index (χ1n) is 6.01. The Hall–Kier alpha value is -1.92. The molecule has 3 atom stereocenters. The van der Waals surface area contributed by atoms with Crippen LogP contribution in [0.5, 0.6) is 0 Å². The Balaban J connectivity index is 2.02. The number of aliphatic carboxylic acids is 1. The molecule has 0 aromatic carbocycles. The molecule has 1 aliphatic heterocycles. The molecule has 1 unspecified atom stereocenters. The van der Waals surface area contributed by atoms with E-state index in [0.717, 1.165) is 4.90 Å². The largest absolute Gasteiger partial charge is 0.481 e. The van der Waals surface area contributed by atoms with Gasteiger partial charge in [0.05, 0.1) is 18.3 Å². The van der Waals surface area contributed by atoms with Crippen molar-refractivity contribution in [2.24, 2.45) is 17.3 Å². The fourth-order valence-corrected chi connectivity index (χ4v) is 2.72. The lowest BCUT2D eigenvalue weighted by Crippen LogP contribution is -2.42. The molecule has 3 amide bonds. The van der Waals surface area contributed by atoms with Gasteiger partial charge in [-0.2, -0.15) is 0 Å². The standard InChI is InChI=1S/C12H16N2O5/c1-12(2)7(8(12)11(18)19)9(16)13-5-4-6(15)14(3)10(5)17/h5,7-8H,4H2,1-3H3,(H,13,16)(H,18,19)/t5?,7-,8+/m1/s1. The summed E-state index contributed by atoms with van der Waals surface area (Å²) < 4.78 is 0. The zero-order valence-electron chi connectivity index (χ0n) is 11.0. The highest BCUT2D eigenvalue weighted by atomic mass is 16.4. The molecule has 1 saturated carbocycles. The summed E-state index contributed by atoms with van der Waals surface area (Å²) in [4.78, 5) is 46.9. The average molecular weight is 268 g/mol. The van der Waals surface area contributed by atoms with E-state index in [1.807, 2.05) is 0 Å². The number of hydrogen-bond acceptors (Lipinski definition) is 4. The number of amides is 3. The third-order valence-electron chi connectivity index (χ3n) is 4.07. The van der Waals surface area contributed by atoms with E-state index in [2.05, 4.69) is 5.32 Å². The molecule has 0 spiro atoms. The second-order valence-corrected chi connectivity index (χ2v) is 5.67. The SMILES string of the molecule is CN1C(=O)CC(NC(=O)[C@H]2[C@@H](C(=O)O)C2(C)C)C1=O. The molecule has 0 aromatic heterocycles. The maximum Gasteiger partial charge on any atom is 0.307 e. The van der Waals surface area contributed by atoms with Crippen molar-refractivity contribution in [2.45, 2.75) is 26.3 Å². The second-order valence-electron chi connectivity index (χ2n) is 5.67. The van der Waals surface area contributed by atoms with Crippen LogP contribution in [0.15, 0.2) is 0 Å². The highest BCUT2D eigenvalue weighted by molar-refractivity contribution is 6.07. The number of carboxylic acids is 1. The van der Waals surface area contributed by atoms with Gasteiger partial charge in [0.1, 0.15) is 6.04 Å². The lowest BCUT2D eigenvalue weighted by Gasteiger charge is -2.11. The van der Waals surface area contributed by atoms with Crippen LogP contribution in [0.3, 0.4) is 0 Å². The van der Waals surface area contributed by atoms with Crippen LogP contribution in [-0.4, -0.2) is 46.8 Å². The van der Waals surface area contributed by atoms with E-state index in [0.29, 0.717) is 0 Å². The predicted octanol–water partition coefficient (Wildman–Crippen LogP) is -0.783. The number of nitrogens with one attached hydrogen (secondary N) is 1. The number of likely N-dealkylation sites (tertiary alicyclic amines) is 1. The summed E-state index contributed by atoms with van der Waals surface area (Å²) in [5.41, 5.74) is -0.618. The predicted molar refractivity (Wildman–Crippen MR) is 62.7 cm³/mol. The van der Waals surface area contributed by atoms with E-state index < -0.39 is 41.1 Å². The van der Waals surface area contributed by atoms with E-state index in [1.54, 1.807) is 13.8 Å². The number of rotatable bonds is 3. The molecule has 2 fully saturated rings. The third-order valence-corrected chi connectivity index (χ3v) is 4.07. The van der Waals surface area contributed by atoms with Crippen molar-refractivity contribution < 1.29 is 24.3 Å². The number of likely N-dealkylation sites (N-methyl/N-ethyl adjacent to an activating group) is 1. The van der Waals surface area contributed by atoms with Gasteiger partial charge in [-0.05, 0) is 5.41 Å². The van der Waals surface area contributed by atoms with Crippen LogP contribution < -0.4 is 5.32 Å². The van der Waals surface area contributed by atoms with Crippen molar-refractivity contribution in [1.82, 2.24) is 10.2 Å². The second kappa shape index (κ2) is 4.04. The van der Waals surface area contributed by atoms with Gasteiger partial charge in [-0.15, -0.1) is 0 Å². The van der Waals surface area contributed by atoms with Gasteiger partial charge >= 0.3 is 5.97 Å². The Labute approximate surface area is 109 Å². The highest BCUT2D eigenvalue weighted by Crippen LogP contribution is 2.58. The first-order chi connectivity index (χ1) is 8.67. The smallest absolute Gasteiger partial charge is 0.307 e. The Morgan fingerprint density at radius 3 is 2.26 bits per heavy atom. The van der Waals surface area contributed by atoms with Crippen LogP contribution >= 0.6 is 0 Å². The Kier molecular flexibility index (Phi) is 2.87. The van der Waals surface area contributed by atoms with Crippen molar-refractivity contribution in [3.05, 3.63) is 0 Å². The molecule has 2 rings (SSSR count). The normalized spacial score (nSPS) is 32.4. The van der Waals surface area contributed by atoms with Crippen molar-refractivity contribution in [1.29, 1.82) is 0 Å². The molecule has 2 N–H and O–H groups in total. The quantitative estimate of drug-likeness (QED) is 0.653. The fourth-order valence-electron chi connectivity index (χ4n) is 2.72. The highest BCUT2D eigenvalue weighted by Gasteiger charge is 2.66. The fraction of sp³-hybridized carbons (Fsp3) is 0.667. The monoisotopic (exact) mass is 268 g/mol. The van der Waals surface area contributed by atoms with Crippen LogP contribution in [0.4, 0.5) is 0 Å². The first kappa shape index (κ1) is 13.5. The molecule has 0 bridgehead atoms. The molecule has 19 heavy (non-hydrogen) atoms. The van der Waals surface area contributed by atoms with Gasteiger partial charge in [0.25, 0.3) is 5.91 Å². The van der Waals surface area contributed by atoms with E-state index in [-0.39, 0.29) is 12.3 Å². The lowest BCUT2D eigenvalue weighted by atomic mass is 10.1. The van der Waals surface area contributed by atoms with Gasteiger partial charge < -0.3 is 10.4 Å². The maximum absolute atomic E-state index is 12.0. The number of carboxylic acid groups (broad SMARTS) is 1. The molecule has 0 aromatic rings. The zero-order valence-corrected chi connectivity index (χ0v) is 11.0. The summed E-state index contributed by atoms with van der Waals surface area (Å²) in [6, 6.07) is -0.865. The molecular formula is C12H16N2O5. The maximum atomic E-state index is 12.0. The van der Waals surface area contributed by atoms with Crippen LogP contribution in [0, 0.1) is 17.3 Å². The molecule has 2 aliphatic rings. The number of nitrogens with zero attached hydrogens (tertiary/aromatic N) is 1. The number of carbonyl (C=O) groups excluding carboxylic acids is 3. The lowest BCUT2D eigenvalue weighted by molar-refractivity contribution is -0.140. The topological polar surface area (TPSA) is 104 Å². The van der Waals surface area contributed by atoms with Gasteiger partial charge in [-0.1, -0.05) is 13.8 Å². The molecule has 1 heterocycles. The Morgan fingerprint density at radius 1 is 1.32 bits per heavy atom.